The Morgan fingerprint density at radius 3 is 2.67 bits per heavy atom. The molecule has 0 N–H and O–H groups in total. The zero-order chi connectivity index (χ0) is 19.6. The van der Waals surface area contributed by atoms with Crippen molar-refractivity contribution in [2.24, 2.45) is 5.92 Å². The van der Waals surface area contributed by atoms with E-state index in [1.165, 1.54) is 11.1 Å². The third-order valence-corrected chi connectivity index (χ3v) is 5.71. The molecule has 0 unspecified atom stereocenters. The summed E-state index contributed by atoms with van der Waals surface area (Å²) in [4.78, 5) is 15.4. The SMILES string of the molecule is CC(C)=CCC/C(C)=C/CN1C(=O)[C@@]2(C[C@@H](C)C[C@@H](C)O2)c2ccccc21. The highest BCUT2D eigenvalue weighted by Crippen LogP contribution is 2.50. The number of ether oxygens (including phenoxy) is 1. The van der Waals surface area contributed by atoms with Crippen LogP contribution in [0.3, 0.4) is 0 Å². The molecule has 2 aliphatic heterocycles. The molecule has 0 aliphatic carbocycles. The van der Waals surface area contributed by atoms with E-state index in [1.807, 2.05) is 17.0 Å². The highest BCUT2D eigenvalue weighted by atomic mass is 16.5. The number of hydrogen-bond acceptors (Lipinski definition) is 2. The van der Waals surface area contributed by atoms with Crippen LogP contribution in [0.1, 0.15) is 65.9 Å². The Balaban J connectivity index is 1.83. The quantitative estimate of drug-likeness (QED) is 0.620. The van der Waals surface area contributed by atoms with Gasteiger partial charge in [-0.3, -0.25) is 4.79 Å². The zero-order valence-corrected chi connectivity index (χ0v) is 17.4. The van der Waals surface area contributed by atoms with E-state index in [9.17, 15) is 4.79 Å². The van der Waals surface area contributed by atoms with E-state index < -0.39 is 5.60 Å². The second-order valence-electron chi connectivity index (χ2n) is 8.60. The van der Waals surface area contributed by atoms with Crippen molar-refractivity contribution in [1.82, 2.24) is 0 Å². The summed E-state index contributed by atoms with van der Waals surface area (Å²) in [6.07, 6.45) is 8.44. The molecular weight excluding hydrogens is 334 g/mol. The molecule has 3 rings (SSSR count). The number of amides is 1. The summed E-state index contributed by atoms with van der Waals surface area (Å²) in [6.45, 7) is 11.3. The molecule has 146 valence electrons. The number of fused-ring (bicyclic) bond motifs is 2. The summed E-state index contributed by atoms with van der Waals surface area (Å²) in [7, 11) is 0. The number of carbonyl (C=O) groups excluding carboxylic acids is 1. The minimum atomic E-state index is -0.794. The Morgan fingerprint density at radius 1 is 1.22 bits per heavy atom. The monoisotopic (exact) mass is 367 g/mol. The van der Waals surface area contributed by atoms with E-state index in [1.54, 1.807) is 0 Å². The van der Waals surface area contributed by atoms with Gasteiger partial charge in [0.25, 0.3) is 5.91 Å². The average Bonchev–Trinajstić information content (AvgIpc) is 2.81. The summed E-state index contributed by atoms with van der Waals surface area (Å²) in [5, 5.41) is 0. The molecule has 3 heteroatoms. The van der Waals surface area contributed by atoms with Gasteiger partial charge in [0.1, 0.15) is 0 Å². The van der Waals surface area contributed by atoms with Gasteiger partial charge in [-0.15, -0.1) is 0 Å². The van der Waals surface area contributed by atoms with Crippen molar-refractivity contribution in [2.75, 3.05) is 11.4 Å². The largest absolute Gasteiger partial charge is 0.357 e. The molecule has 0 saturated carbocycles. The number of para-hydroxylation sites is 1. The Bertz CT molecular complexity index is 747. The van der Waals surface area contributed by atoms with E-state index in [0.717, 1.165) is 36.9 Å². The number of allylic oxidation sites excluding steroid dienone is 3. The second kappa shape index (κ2) is 8.02. The highest BCUT2D eigenvalue weighted by molar-refractivity contribution is 6.07. The number of benzene rings is 1. The van der Waals surface area contributed by atoms with Crippen molar-refractivity contribution in [3.05, 3.63) is 53.1 Å². The van der Waals surface area contributed by atoms with Crippen LogP contribution >= 0.6 is 0 Å². The minimum absolute atomic E-state index is 0.104. The average molecular weight is 368 g/mol. The van der Waals surface area contributed by atoms with Crippen LogP contribution < -0.4 is 4.90 Å². The lowest BCUT2D eigenvalue weighted by atomic mass is 9.81. The number of rotatable bonds is 5. The predicted octanol–water partition coefficient (Wildman–Crippen LogP) is 5.76. The summed E-state index contributed by atoms with van der Waals surface area (Å²) in [5.41, 5.74) is 3.94. The van der Waals surface area contributed by atoms with E-state index in [4.69, 9.17) is 4.74 Å². The molecule has 1 aromatic carbocycles. The first kappa shape index (κ1) is 19.9. The third-order valence-electron chi connectivity index (χ3n) is 5.71. The second-order valence-corrected chi connectivity index (χ2v) is 8.60. The molecule has 1 fully saturated rings. The lowest BCUT2D eigenvalue weighted by molar-refractivity contribution is -0.167. The van der Waals surface area contributed by atoms with E-state index in [0.29, 0.717) is 12.5 Å². The molecule has 2 aliphatic rings. The van der Waals surface area contributed by atoms with Crippen molar-refractivity contribution < 1.29 is 9.53 Å². The molecule has 3 nitrogen and oxygen atoms in total. The first-order chi connectivity index (χ1) is 12.8. The van der Waals surface area contributed by atoms with Crippen molar-refractivity contribution in [3.63, 3.8) is 0 Å². The van der Waals surface area contributed by atoms with Gasteiger partial charge in [0.2, 0.25) is 0 Å². The predicted molar refractivity (Wildman–Crippen MR) is 112 cm³/mol. The summed E-state index contributed by atoms with van der Waals surface area (Å²) in [5.74, 6) is 0.586. The standard InChI is InChI=1S/C24H33NO2/c1-17(2)9-8-10-18(3)13-14-25-22-12-7-6-11-21(22)24(23(25)26)16-19(4)15-20(5)27-24/h6-7,9,11-13,19-20H,8,10,14-16H2,1-5H3/b18-13+/t19-,20+,24+/m0/s1. The van der Waals surface area contributed by atoms with Crippen molar-refractivity contribution >= 4 is 11.6 Å². The fourth-order valence-electron chi connectivity index (χ4n) is 4.50. The Hall–Kier alpha value is -1.87. The van der Waals surface area contributed by atoms with Crippen LogP contribution in [0.15, 0.2) is 47.6 Å². The molecule has 2 heterocycles. The molecule has 1 aromatic rings. The van der Waals surface area contributed by atoms with Crippen LogP contribution in [-0.2, 0) is 15.1 Å². The molecule has 3 atom stereocenters. The van der Waals surface area contributed by atoms with Crippen molar-refractivity contribution in [1.29, 1.82) is 0 Å². The molecule has 0 radical (unpaired) electrons. The Labute approximate surface area is 164 Å². The minimum Gasteiger partial charge on any atom is -0.357 e. The van der Waals surface area contributed by atoms with Gasteiger partial charge in [0.15, 0.2) is 5.60 Å². The van der Waals surface area contributed by atoms with Gasteiger partial charge in [-0.05, 0) is 65.4 Å². The highest BCUT2D eigenvalue weighted by Gasteiger charge is 2.54. The van der Waals surface area contributed by atoms with Crippen LogP contribution in [0, 0.1) is 5.92 Å². The fraction of sp³-hybridized carbons (Fsp3) is 0.542. The fourth-order valence-corrected chi connectivity index (χ4v) is 4.50. The smallest absolute Gasteiger partial charge is 0.264 e. The number of nitrogens with zero attached hydrogens (tertiary/aromatic N) is 1. The maximum atomic E-state index is 13.5. The van der Waals surface area contributed by atoms with Crippen molar-refractivity contribution in [2.45, 2.75) is 72.0 Å². The molecule has 0 aromatic heterocycles. The summed E-state index contributed by atoms with van der Waals surface area (Å²) < 4.78 is 6.35. The molecule has 1 saturated heterocycles. The van der Waals surface area contributed by atoms with Crippen molar-refractivity contribution in [3.8, 4) is 0 Å². The van der Waals surface area contributed by atoms with Crippen LogP contribution in [0.25, 0.3) is 0 Å². The number of carbonyl (C=O) groups is 1. The Morgan fingerprint density at radius 2 is 1.96 bits per heavy atom. The first-order valence-corrected chi connectivity index (χ1v) is 10.2. The van der Waals surface area contributed by atoms with Gasteiger partial charge in [0, 0.05) is 12.1 Å². The lowest BCUT2D eigenvalue weighted by Crippen LogP contribution is -2.48. The summed E-state index contributed by atoms with van der Waals surface area (Å²) in [6, 6.07) is 8.16. The van der Waals surface area contributed by atoms with Gasteiger partial charge < -0.3 is 9.64 Å². The van der Waals surface area contributed by atoms with Gasteiger partial charge in [0.05, 0.1) is 11.8 Å². The normalized spacial score (nSPS) is 27.8. The van der Waals surface area contributed by atoms with Gasteiger partial charge >= 0.3 is 0 Å². The first-order valence-electron chi connectivity index (χ1n) is 10.2. The van der Waals surface area contributed by atoms with Gasteiger partial charge in [-0.2, -0.15) is 0 Å². The van der Waals surface area contributed by atoms with E-state index >= 15 is 0 Å². The maximum Gasteiger partial charge on any atom is 0.264 e. The van der Waals surface area contributed by atoms with E-state index in [-0.39, 0.29) is 12.0 Å². The maximum absolute atomic E-state index is 13.5. The van der Waals surface area contributed by atoms with E-state index in [2.05, 4.69) is 58.9 Å². The zero-order valence-electron chi connectivity index (χ0n) is 17.4. The molecule has 27 heavy (non-hydrogen) atoms. The van der Waals surface area contributed by atoms with Crippen LogP contribution in [0.4, 0.5) is 5.69 Å². The number of anilines is 1. The van der Waals surface area contributed by atoms with Gasteiger partial charge in [-0.25, -0.2) is 0 Å². The van der Waals surface area contributed by atoms with Crippen LogP contribution in [0.2, 0.25) is 0 Å². The lowest BCUT2D eigenvalue weighted by Gasteiger charge is -2.39. The Kier molecular flexibility index (Phi) is 5.90. The van der Waals surface area contributed by atoms with Gasteiger partial charge in [-0.1, -0.05) is 48.4 Å². The third kappa shape index (κ3) is 4.03. The molecule has 1 spiro atoms. The molecule has 1 amide bonds. The summed E-state index contributed by atoms with van der Waals surface area (Å²) >= 11 is 0. The number of hydrogen-bond donors (Lipinski definition) is 0. The van der Waals surface area contributed by atoms with Crippen LogP contribution in [-0.4, -0.2) is 18.6 Å². The molecule has 0 bridgehead atoms. The molecular formula is C24H33NO2. The van der Waals surface area contributed by atoms with Crippen LogP contribution in [0.5, 0.6) is 0 Å². The topological polar surface area (TPSA) is 29.5 Å².